The van der Waals surface area contributed by atoms with Crippen LogP contribution in [-0.2, 0) is 19.3 Å². The molecule has 0 unspecified atom stereocenters. The van der Waals surface area contributed by atoms with Gasteiger partial charge in [-0.1, -0.05) is 0 Å². The van der Waals surface area contributed by atoms with Gasteiger partial charge in [-0.2, -0.15) is 0 Å². The molecule has 2 heterocycles. The lowest BCUT2D eigenvalue weighted by Gasteiger charge is -2.24. The summed E-state index contributed by atoms with van der Waals surface area (Å²) in [5, 5.41) is 3.23. The van der Waals surface area contributed by atoms with Gasteiger partial charge < -0.3 is 14.8 Å². The Balaban J connectivity index is 1.81. The molecule has 92 valence electrons. The van der Waals surface area contributed by atoms with Crippen molar-refractivity contribution in [1.29, 1.82) is 0 Å². The van der Waals surface area contributed by atoms with Crippen LogP contribution in [0.3, 0.4) is 0 Å². The minimum atomic E-state index is -2.92. The molecule has 0 saturated carbocycles. The molecule has 0 aromatic heterocycles. The predicted molar refractivity (Wildman–Crippen MR) is 63.1 cm³/mol. The zero-order chi connectivity index (χ0) is 11.8. The summed E-state index contributed by atoms with van der Waals surface area (Å²) < 4.78 is 33.0. The maximum Gasteiger partial charge on any atom is 0.257 e. The highest BCUT2D eigenvalue weighted by atomic mass is 32.2. The van der Waals surface area contributed by atoms with E-state index in [2.05, 4.69) is 5.32 Å². The van der Waals surface area contributed by atoms with E-state index >= 15 is 0 Å². The Morgan fingerprint density at radius 3 is 2.88 bits per heavy atom. The van der Waals surface area contributed by atoms with Crippen LogP contribution in [0.25, 0.3) is 0 Å². The number of rotatable bonds is 3. The second kappa shape index (κ2) is 4.12. The molecule has 2 fully saturated rings. The summed E-state index contributed by atoms with van der Waals surface area (Å²) in [6, 6.07) is 0. The van der Waals surface area contributed by atoms with E-state index in [1.807, 2.05) is 6.92 Å². The molecule has 2 aliphatic rings. The normalized spacial score (nSPS) is 35.7. The molecular formula is C9H15NO4S2. The van der Waals surface area contributed by atoms with Crippen molar-refractivity contribution < 1.29 is 17.9 Å². The molecule has 2 rings (SSSR count). The summed E-state index contributed by atoms with van der Waals surface area (Å²) in [6.45, 7) is 3.00. The van der Waals surface area contributed by atoms with Gasteiger partial charge in [0.05, 0.1) is 23.7 Å². The molecule has 2 aliphatic heterocycles. The number of epoxide rings is 1. The fourth-order valence-corrected chi connectivity index (χ4v) is 4.13. The van der Waals surface area contributed by atoms with Crippen molar-refractivity contribution in [3.8, 4) is 0 Å². The Bertz CT molecular complexity index is 390. The van der Waals surface area contributed by atoms with Crippen LogP contribution in [0.2, 0.25) is 0 Å². The lowest BCUT2D eigenvalue weighted by Crippen LogP contribution is -2.47. The molecular weight excluding hydrogens is 250 g/mol. The van der Waals surface area contributed by atoms with E-state index < -0.39 is 15.4 Å². The molecule has 0 aliphatic carbocycles. The standard InChI is InChI=1S/C9H15NO4S2/c1-9(2-3-16(11,12)6-9)10-8(15)14-5-7-4-13-7/h7H,2-6H2,1H3,(H,10,15)/t7-,9+/m1/s1. The van der Waals surface area contributed by atoms with Gasteiger partial charge in [-0.3, -0.25) is 0 Å². The molecule has 0 aromatic carbocycles. The Hall–Kier alpha value is -0.400. The van der Waals surface area contributed by atoms with Gasteiger partial charge in [-0.15, -0.1) is 0 Å². The second-order valence-electron chi connectivity index (χ2n) is 4.58. The summed E-state index contributed by atoms with van der Waals surface area (Å²) in [5.41, 5.74) is -0.486. The highest BCUT2D eigenvalue weighted by Crippen LogP contribution is 2.23. The Labute approximate surface area is 100 Å². The van der Waals surface area contributed by atoms with Crippen molar-refractivity contribution in [1.82, 2.24) is 5.32 Å². The van der Waals surface area contributed by atoms with Gasteiger partial charge in [-0.25, -0.2) is 8.42 Å². The summed E-state index contributed by atoms with van der Waals surface area (Å²) in [4.78, 5) is 0. The Kier molecular flexibility index (Phi) is 3.11. The fraction of sp³-hybridized carbons (Fsp3) is 0.889. The van der Waals surface area contributed by atoms with Gasteiger partial charge in [0, 0.05) is 0 Å². The molecule has 1 N–H and O–H groups in total. The lowest BCUT2D eigenvalue weighted by atomic mass is 10.0. The number of sulfone groups is 1. The van der Waals surface area contributed by atoms with Crippen LogP contribution in [-0.4, -0.2) is 50.0 Å². The van der Waals surface area contributed by atoms with E-state index in [0.29, 0.717) is 19.6 Å². The third-order valence-electron chi connectivity index (χ3n) is 2.71. The van der Waals surface area contributed by atoms with E-state index in [4.69, 9.17) is 21.7 Å². The average Bonchev–Trinajstić information content (AvgIpc) is 2.90. The number of nitrogens with one attached hydrogen (secondary N) is 1. The van der Waals surface area contributed by atoms with Crippen molar-refractivity contribution in [2.75, 3.05) is 24.7 Å². The third kappa shape index (κ3) is 3.29. The molecule has 0 spiro atoms. The van der Waals surface area contributed by atoms with Crippen molar-refractivity contribution in [2.45, 2.75) is 25.0 Å². The molecule has 0 radical (unpaired) electrons. The maximum atomic E-state index is 11.4. The average molecular weight is 265 g/mol. The maximum absolute atomic E-state index is 11.4. The van der Waals surface area contributed by atoms with Crippen LogP contribution < -0.4 is 5.32 Å². The largest absolute Gasteiger partial charge is 0.468 e. The van der Waals surface area contributed by atoms with Gasteiger partial charge >= 0.3 is 0 Å². The first-order valence-electron chi connectivity index (χ1n) is 5.16. The van der Waals surface area contributed by atoms with Crippen LogP contribution in [0, 0.1) is 0 Å². The van der Waals surface area contributed by atoms with E-state index in [9.17, 15) is 8.42 Å². The molecule has 0 aromatic rings. The van der Waals surface area contributed by atoms with E-state index in [1.54, 1.807) is 0 Å². The summed E-state index contributed by atoms with van der Waals surface area (Å²) in [5.74, 6) is 0.328. The highest BCUT2D eigenvalue weighted by molar-refractivity contribution is 7.91. The molecule has 2 atom stereocenters. The molecule has 7 heteroatoms. The van der Waals surface area contributed by atoms with E-state index in [0.717, 1.165) is 0 Å². The zero-order valence-corrected chi connectivity index (χ0v) is 10.7. The number of ether oxygens (including phenoxy) is 2. The van der Waals surface area contributed by atoms with Crippen molar-refractivity contribution in [3.05, 3.63) is 0 Å². The van der Waals surface area contributed by atoms with Crippen LogP contribution in [0.1, 0.15) is 13.3 Å². The monoisotopic (exact) mass is 265 g/mol. The van der Waals surface area contributed by atoms with Crippen LogP contribution in [0.4, 0.5) is 0 Å². The minimum Gasteiger partial charge on any atom is -0.468 e. The van der Waals surface area contributed by atoms with Gasteiger partial charge in [0.15, 0.2) is 9.84 Å². The van der Waals surface area contributed by atoms with Gasteiger partial charge in [0.25, 0.3) is 5.17 Å². The molecule has 16 heavy (non-hydrogen) atoms. The van der Waals surface area contributed by atoms with Crippen molar-refractivity contribution in [2.24, 2.45) is 0 Å². The van der Waals surface area contributed by atoms with Crippen LogP contribution >= 0.6 is 12.2 Å². The van der Waals surface area contributed by atoms with E-state index in [-0.39, 0.29) is 22.8 Å². The number of hydrogen-bond donors (Lipinski definition) is 1. The first-order valence-corrected chi connectivity index (χ1v) is 7.39. The van der Waals surface area contributed by atoms with Crippen molar-refractivity contribution >= 4 is 27.2 Å². The molecule has 5 nitrogen and oxygen atoms in total. The summed E-state index contributed by atoms with van der Waals surface area (Å²) in [6.07, 6.45) is 0.721. The minimum absolute atomic E-state index is 0.115. The second-order valence-corrected chi connectivity index (χ2v) is 7.14. The summed E-state index contributed by atoms with van der Waals surface area (Å²) in [7, 11) is -2.92. The fourth-order valence-electron chi connectivity index (χ4n) is 1.72. The van der Waals surface area contributed by atoms with Crippen LogP contribution in [0.5, 0.6) is 0 Å². The van der Waals surface area contributed by atoms with Gasteiger partial charge in [0.1, 0.15) is 12.7 Å². The highest BCUT2D eigenvalue weighted by Gasteiger charge is 2.39. The first-order chi connectivity index (χ1) is 7.39. The summed E-state index contributed by atoms with van der Waals surface area (Å²) >= 11 is 5.00. The Morgan fingerprint density at radius 1 is 1.69 bits per heavy atom. The van der Waals surface area contributed by atoms with Crippen LogP contribution in [0.15, 0.2) is 0 Å². The Morgan fingerprint density at radius 2 is 2.38 bits per heavy atom. The smallest absolute Gasteiger partial charge is 0.257 e. The molecule has 0 amide bonds. The van der Waals surface area contributed by atoms with Gasteiger partial charge in [0.2, 0.25) is 0 Å². The quantitative estimate of drug-likeness (QED) is 0.565. The number of hydrogen-bond acceptors (Lipinski definition) is 5. The topological polar surface area (TPSA) is 67.9 Å². The zero-order valence-electron chi connectivity index (χ0n) is 9.06. The van der Waals surface area contributed by atoms with Crippen molar-refractivity contribution in [3.63, 3.8) is 0 Å². The molecule has 0 bridgehead atoms. The predicted octanol–water partition coefficient (Wildman–Crippen LogP) is -0.147. The lowest BCUT2D eigenvalue weighted by molar-refractivity contribution is 0.240. The molecule has 2 saturated heterocycles. The SMILES string of the molecule is C[C@]1(NC(=S)OC[C@H]2CO2)CCS(=O)(=O)C1. The van der Waals surface area contributed by atoms with Gasteiger partial charge in [-0.05, 0) is 25.6 Å². The first kappa shape index (κ1) is 12.1. The number of thiocarbonyl (C=S) groups is 1. The third-order valence-corrected chi connectivity index (χ3v) is 4.83. The van der Waals surface area contributed by atoms with E-state index in [1.165, 1.54) is 0 Å².